The number of fused-ring (bicyclic) bond motifs is 2. The number of aromatic nitrogens is 4. The number of anilines is 1. The van der Waals surface area contributed by atoms with Crippen molar-refractivity contribution >= 4 is 61.5 Å². The predicted molar refractivity (Wildman–Crippen MR) is 112 cm³/mol. The Morgan fingerprint density at radius 2 is 2.07 bits per heavy atom. The minimum atomic E-state index is 0.419. The summed E-state index contributed by atoms with van der Waals surface area (Å²) >= 11 is 9.33. The molecule has 5 rings (SSSR count). The van der Waals surface area contributed by atoms with Crippen LogP contribution in [-0.2, 0) is 0 Å². The van der Waals surface area contributed by atoms with Crippen molar-refractivity contribution in [3.05, 3.63) is 65.1 Å². The average Bonchev–Trinajstić information content (AvgIpc) is 3.38. The fourth-order valence-corrected chi connectivity index (χ4v) is 4.73. The van der Waals surface area contributed by atoms with E-state index in [1.54, 1.807) is 17.6 Å². The molecule has 4 aromatic heterocycles. The Kier molecular flexibility index (Phi) is 4.08. The monoisotopic (exact) mass is 410 g/mol. The topological polar surface area (TPSA) is 67.5 Å². The number of hydrazone groups is 1. The molecular weight excluding hydrogens is 400 g/mol. The van der Waals surface area contributed by atoms with Crippen LogP contribution in [0.5, 0.6) is 0 Å². The van der Waals surface area contributed by atoms with E-state index in [0.717, 1.165) is 31.3 Å². The van der Waals surface area contributed by atoms with Crippen LogP contribution in [0, 0.1) is 0 Å². The van der Waals surface area contributed by atoms with Crippen LogP contribution in [0.4, 0.5) is 5.82 Å². The summed E-state index contributed by atoms with van der Waals surface area (Å²) in [5.41, 5.74) is 4.88. The van der Waals surface area contributed by atoms with Crippen LogP contribution in [0.15, 0.2) is 59.4 Å². The third kappa shape index (κ3) is 2.97. The molecule has 0 spiro atoms. The van der Waals surface area contributed by atoms with E-state index in [1.807, 2.05) is 34.2 Å². The Morgan fingerprint density at radius 3 is 2.96 bits per heavy atom. The van der Waals surface area contributed by atoms with Crippen LogP contribution in [0.1, 0.15) is 5.69 Å². The average molecular weight is 411 g/mol. The molecule has 0 saturated carbocycles. The number of rotatable bonds is 4. The molecule has 5 aromatic rings. The largest absolute Gasteiger partial charge is 0.288 e. The van der Waals surface area contributed by atoms with Crippen molar-refractivity contribution in [1.82, 2.24) is 19.4 Å². The summed E-state index contributed by atoms with van der Waals surface area (Å²) < 4.78 is 1.89. The molecule has 0 aliphatic rings. The highest BCUT2D eigenvalue weighted by Crippen LogP contribution is 2.34. The van der Waals surface area contributed by atoms with Gasteiger partial charge in [0.05, 0.1) is 11.6 Å². The minimum absolute atomic E-state index is 0.419. The standard InChI is InChI=1S/C18H11ClN6S2/c19-15-13(25-6-7-26-18(25)23-15)9-22-24-16-12-8-14(11-4-2-1-3-5-11)27-17(12)21-10-20-16/h1-10H,(H,20,21,24)/b22-9-. The number of nitrogens with one attached hydrogen (secondary N) is 1. The molecule has 27 heavy (non-hydrogen) atoms. The van der Waals surface area contributed by atoms with Crippen molar-refractivity contribution in [1.29, 1.82) is 0 Å². The third-order valence-electron chi connectivity index (χ3n) is 4.00. The first-order chi connectivity index (χ1) is 13.3. The normalized spacial score (nSPS) is 11.7. The van der Waals surface area contributed by atoms with Gasteiger partial charge in [0.25, 0.3) is 0 Å². The molecule has 1 N–H and O–H groups in total. The van der Waals surface area contributed by atoms with Gasteiger partial charge < -0.3 is 0 Å². The molecule has 0 atom stereocenters. The molecule has 1 aromatic carbocycles. The van der Waals surface area contributed by atoms with Crippen LogP contribution in [-0.4, -0.2) is 25.6 Å². The van der Waals surface area contributed by atoms with E-state index < -0.39 is 0 Å². The van der Waals surface area contributed by atoms with E-state index >= 15 is 0 Å². The molecule has 4 heterocycles. The quantitative estimate of drug-likeness (QED) is 0.328. The summed E-state index contributed by atoms with van der Waals surface area (Å²) in [5, 5.41) is 7.61. The lowest BCUT2D eigenvalue weighted by Gasteiger charge is -1.99. The zero-order valence-electron chi connectivity index (χ0n) is 13.7. The van der Waals surface area contributed by atoms with E-state index in [-0.39, 0.29) is 0 Å². The first kappa shape index (κ1) is 16.4. The van der Waals surface area contributed by atoms with E-state index in [0.29, 0.717) is 11.0 Å². The molecule has 0 aliphatic carbocycles. The highest BCUT2D eigenvalue weighted by atomic mass is 35.5. The second-order valence-electron chi connectivity index (χ2n) is 5.63. The second kappa shape index (κ2) is 6.73. The fraction of sp³-hybridized carbons (Fsp3) is 0. The molecule has 0 amide bonds. The minimum Gasteiger partial charge on any atom is -0.288 e. The predicted octanol–water partition coefficient (Wildman–Crippen LogP) is 5.17. The van der Waals surface area contributed by atoms with Crippen molar-refractivity contribution in [2.24, 2.45) is 5.10 Å². The van der Waals surface area contributed by atoms with Crippen molar-refractivity contribution in [3.8, 4) is 10.4 Å². The molecule has 6 nitrogen and oxygen atoms in total. The number of hydrogen-bond donors (Lipinski definition) is 1. The molecule has 132 valence electrons. The molecule has 0 unspecified atom stereocenters. The number of thiazole rings is 1. The molecule has 0 radical (unpaired) electrons. The van der Waals surface area contributed by atoms with E-state index in [2.05, 4.69) is 43.7 Å². The first-order valence-corrected chi connectivity index (χ1v) is 10.1. The Hall–Kier alpha value is -2.81. The van der Waals surface area contributed by atoms with Crippen LogP contribution in [0.3, 0.4) is 0 Å². The molecule has 0 fully saturated rings. The smallest absolute Gasteiger partial charge is 0.195 e. The number of thiophene rings is 1. The SMILES string of the molecule is Clc1nc2sccn2c1/C=N\Nc1ncnc2sc(-c3ccccc3)cc12. The van der Waals surface area contributed by atoms with Crippen LogP contribution < -0.4 is 5.43 Å². The van der Waals surface area contributed by atoms with Gasteiger partial charge in [-0.25, -0.2) is 15.0 Å². The fourth-order valence-electron chi connectivity index (χ4n) is 2.74. The van der Waals surface area contributed by atoms with Gasteiger partial charge in [-0.05, 0) is 11.6 Å². The van der Waals surface area contributed by atoms with Crippen molar-refractivity contribution in [3.63, 3.8) is 0 Å². The first-order valence-electron chi connectivity index (χ1n) is 8.00. The number of imidazole rings is 1. The Bertz CT molecular complexity index is 1270. The summed E-state index contributed by atoms with van der Waals surface area (Å²) in [4.78, 5) is 15.9. The van der Waals surface area contributed by atoms with Crippen LogP contribution >= 0.6 is 34.3 Å². The second-order valence-corrected chi connectivity index (χ2v) is 7.89. The van der Waals surface area contributed by atoms with Gasteiger partial charge in [0.2, 0.25) is 0 Å². The number of halogens is 1. The summed E-state index contributed by atoms with van der Waals surface area (Å²) in [5.74, 6) is 0.650. The zero-order valence-corrected chi connectivity index (χ0v) is 16.1. The van der Waals surface area contributed by atoms with Gasteiger partial charge in [-0.2, -0.15) is 5.10 Å². The lowest BCUT2D eigenvalue weighted by atomic mass is 10.2. The van der Waals surface area contributed by atoms with E-state index in [4.69, 9.17) is 11.6 Å². The zero-order chi connectivity index (χ0) is 18.2. The van der Waals surface area contributed by atoms with Gasteiger partial charge in [-0.1, -0.05) is 41.9 Å². The third-order valence-corrected chi connectivity index (χ3v) is 6.13. The van der Waals surface area contributed by atoms with Gasteiger partial charge in [-0.15, -0.1) is 22.7 Å². The lowest BCUT2D eigenvalue weighted by Crippen LogP contribution is -1.96. The van der Waals surface area contributed by atoms with Crippen LogP contribution in [0.25, 0.3) is 25.6 Å². The van der Waals surface area contributed by atoms with Gasteiger partial charge in [0, 0.05) is 16.5 Å². The number of nitrogens with zero attached hydrogens (tertiary/aromatic N) is 5. The summed E-state index contributed by atoms with van der Waals surface area (Å²) in [6.45, 7) is 0. The Labute approximate surface area is 166 Å². The van der Waals surface area contributed by atoms with Gasteiger partial charge in [0.15, 0.2) is 15.9 Å². The summed E-state index contributed by atoms with van der Waals surface area (Å²) in [6, 6.07) is 12.3. The summed E-state index contributed by atoms with van der Waals surface area (Å²) in [6.07, 6.45) is 5.09. The van der Waals surface area contributed by atoms with Gasteiger partial charge in [-0.3, -0.25) is 9.83 Å². The molecular formula is C18H11ClN6S2. The maximum absolute atomic E-state index is 6.19. The van der Waals surface area contributed by atoms with Gasteiger partial charge >= 0.3 is 0 Å². The maximum Gasteiger partial charge on any atom is 0.195 e. The van der Waals surface area contributed by atoms with Crippen LogP contribution in [0.2, 0.25) is 5.15 Å². The van der Waals surface area contributed by atoms with Crippen molar-refractivity contribution in [2.75, 3.05) is 5.43 Å². The molecule has 9 heteroatoms. The maximum atomic E-state index is 6.19. The highest BCUT2D eigenvalue weighted by Gasteiger charge is 2.11. The molecule has 0 aliphatic heterocycles. The van der Waals surface area contributed by atoms with Gasteiger partial charge in [0.1, 0.15) is 16.9 Å². The Morgan fingerprint density at radius 1 is 1.19 bits per heavy atom. The van der Waals surface area contributed by atoms with Crippen molar-refractivity contribution in [2.45, 2.75) is 0 Å². The molecule has 0 bridgehead atoms. The summed E-state index contributed by atoms with van der Waals surface area (Å²) in [7, 11) is 0. The number of benzene rings is 1. The van der Waals surface area contributed by atoms with E-state index in [9.17, 15) is 0 Å². The number of hydrogen-bond acceptors (Lipinski definition) is 7. The highest BCUT2D eigenvalue weighted by molar-refractivity contribution is 7.21. The van der Waals surface area contributed by atoms with E-state index in [1.165, 1.54) is 17.7 Å². The molecule has 0 saturated heterocycles. The lowest BCUT2D eigenvalue weighted by molar-refractivity contribution is 1.18. The van der Waals surface area contributed by atoms with Crippen molar-refractivity contribution < 1.29 is 0 Å². The Balaban J connectivity index is 1.47.